The van der Waals surface area contributed by atoms with Gasteiger partial charge in [0, 0.05) is 0 Å². The van der Waals surface area contributed by atoms with Gasteiger partial charge in [0.25, 0.3) is 0 Å². The molecule has 0 saturated heterocycles. The maximum absolute atomic E-state index is 10.3. The summed E-state index contributed by atoms with van der Waals surface area (Å²) >= 11 is 0. The number of aromatic hydroxyl groups is 1. The van der Waals surface area contributed by atoms with Gasteiger partial charge in [0.05, 0.1) is 0 Å². The van der Waals surface area contributed by atoms with Crippen molar-refractivity contribution in [2.45, 2.75) is 0 Å². The van der Waals surface area contributed by atoms with Crippen LogP contribution < -0.4 is 0 Å². The van der Waals surface area contributed by atoms with Crippen molar-refractivity contribution in [3.05, 3.63) is 29.8 Å². The molecule has 0 unspecified atom stereocenters. The SMILES string of the molecule is O=C(O)c1ccccc1O.[SrH2]. The fourth-order valence-electron chi connectivity index (χ4n) is 0.654. The van der Waals surface area contributed by atoms with Crippen molar-refractivity contribution in [3.63, 3.8) is 0 Å². The molecule has 0 aliphatic heterocycles. The van der Waals surface area contributed by atoms with Crippen molar-refractivity contribution in [1.82, 2.24) is 0 Å². The molecule has 0 aliphatic rings. The summed E-state index contributed by atoms with van der Waals surface area (Å²) in [6, 6.07) is 5.81. The summed E-state index contributed by atoms with van der Waals surface area (Å²) in [5, 5.41) is 17.3. The van der Waals surface area contributed by atoms with Crippen molar-refractivity contribution < 1.29 is 15.0 Å². The number of carboxylic acids is 1. The van der Waals surface area contributed by atoms with Crippen LogP contribution >= 0.6 is 0 Å². The maximum atomic E-state index is 10.3. The van der Waals surface area contributed by atoms with Gasteiger partial charge in [0.15, 0.2) is 0 Å². The van der Waals surface area contributed by atoms with Crippen LogP contribution in [0.1, 0.15) is 10.4 Å². The van der Waals surface area contributed by atoms with Crippen LogP contribution in [0.15, 0.2) is 24.3 Å². The number of benzene rings is 1. The van der Waals surface area contributed by atoms with Crippen LogP contribution in [-0.2, 0) is 0 Å². The van der Waals surface area contributed by atoms with E-state index in [0.717, 1.165) is 0 Å². The summed E-state index contributed by atoms with van der Waals surface area (Å²) in [4.78, 5) is 10.3. The molecule has 0 fully saturated rings. The van der Waals surface area contributed by atoms with Crippen LogP contribution in [0, 0.1) is 0 Å². The summed E-state index contributed by atoms with van der Waals surface area (Å²) < 4.78 is 0. The van der Waals surface area contributed by atoms with E-state index >= 15 is 0 Å². The summed E-state index contributed by atoms with van der Waals surface area (Å²) in [7, 11) is 0. The van der Waals surface area contributed by atoms with Crippen LogP contribution in [0.2, 0.25) is 0 Å². The predicted molar refractivity (Wildman–Crippen MR) is 43.6 cm³/mol. The van der Waals surface area contributed by atoms with Crippen LogP contribution in [0.5, 0.6) is 5.75 Å². The number of para-hydroxylation sites is 1. The Morgan fingerprint density at radius 3 is 2.18 bits per heavy atom. The van der Waals surface area contributed by atoms with Gasteiger partial charge in [0.2, 0.25) is 0 Å². The third-order valence-electron chi connectivity index (χ3n) is 1.13. The molecule has 1 rings (SSSR count). The minimum absolute atomic E-state index is 0. The van der Waals surface area contributed by atoms with Gasteiger partial charge >= 0.3 is 51.5 Å². The molecule has 1 aromatic carbocycles. The molecule has 0 bridgehead atoms. The third-order valence-corrected chi connectivity index (χ3v) is 1.13. The Morgan fingerprint density at radius 2 is 1.82 bits per heavy atom. The molecule has 0 aromatic heterocycles. The zero-order chi connectivity index (χ0) is 7.56. The number of hydrogen-bond donors (Lipinski definition) is 2. The number of carbonyl (C=O) groups is 1. The van der Waals surface area contributed by atoms with Gasteiger partial charge in [0.1, 0.15) is 11.3 Å². The van der Waals surface area contributed by atoms with Gasteiger partial charge in [-0.05, 0) is 12.1 Å². The summed E-state index contributed by atoms with van der Waals surface area (Å²) in [6.45, 7) is 0. The van der Waals surface area contributed by atoms with E-state index in [2.05, 4.69) is 0 Å². The average Bonchev–Trinajstić information content (AvgIpc) is 1.88. The van der Waals surface area contributed by atoms with Crippen molar-refractivity contribution in [2.24, 2.45) is 0 Å². The van der Waals surface area contributed by atoms with Crippen molar-refractivity contribution >= 4 is 51.5 Å². The van der Waals surface area contributed by atoms with Gasteiger partial charge in [-0.3, -0.25) is 0 Å². The number of rotatable bonds is 1. The fraction of sp³-hybridized carbons (Fsp3) is 0. The predicted octanol–water partition coefficient (Wildman–Crippen LogP) is 0.174. The Balaban J connectivity index is 0.000001000. The zero-order valence-corrected chi connectivity index (χ0v) is 5.11. The standard InChI is InChI=1S/C7H6O3.Sr.2H/c8-6-4-2-1-3-5(6)7(9)10;;;/h1-4,8H,(H,9,10);;;. The summed E-state index contributed by atoms with van der Waals surface area (Å²) in [5.74, 6) is -1.31. The number of phenols is 1. The average molecular weight is 228 g/mol. The van der Waals surface area contributed by atoms with E-state index in [9.17, 15) is 4.79 Å². The van der Waals surface area contributed by atoms with Crippen LogP contribution in [0.4, 0.5) is 0 Å². The minimum atomic E-state index is -1.11. The van der Waals surface area contributed by atoms with Crippen molar-refractivity contribution in [2.75, 3.05) is 0 Å². The molecular weight excluding hydrogens is 220 g/mol. The molecule has 0 heterocycles. The summed E-state index contributed by atoms with van der Waals surface area (Å²) in [5.41, 5.74) is -0.0671. The Hall–Kier alpha value is -0.0295. The van der Waals surface area contributed by atoms with E-state index in [-0.39, 0.29) is 56.8 Å². The van der Waals surface area contributed by atoms with Crippen LogP contribution in [0.25, 0.3) is 0 Å². The topological polar surface area (TPSA) is 57.5 Å². The van der Waals surface area contributed by atoms with E-state index in [1.807, 2.05) is 0 Å². The van der Waals surface area contributed by atoms with Crippen LogP contribution in [0.3, 0.4) is 0 Å². The normalized spacial score (nSPS) is 8.36. The van der Waals surface area contributed by atoms with Gasteiger partial charge < -0.3 is 10.2 Å². The van der Waals surface area contributed by atoms with E-state index in [4.69, 9.17) is 10.2 Å². The first-order valence-electron chi connectivity index (χ1n) is 2.73. The van der Waals surface area contributed by atoms with E-state index in [1.54, 1.807) is 12.1 Å². The van der Waals surface area contributed by atoms with Gasteiger partial charge in [-0.1, -0.05) is 12.1 Å². The van der Waals surface area contributed by atoms with Gasteiger partial charge in [-0.2, -0.15) is 0 Å². The molecule has 56 valence electrons. The molecule has 0 saturated carbocycles. The fourth-order valence-corrected chi connectivity index (χ4v) is 0.654. The Kier molecular flexibility index (Phi) is 4.76. The second-order valence-corrected chi connectivity index (χ2v) is 1.82. The Morgan fingerprint density at radius 1 is 1.27 bits per heavy atom. The number of hydrogen-bond acceptors (Lipinski definition) is 2. The molecule has 4 heteroatoms. The summed E-state index contributed by atoms with van der Waals surface area (Å²) in [6.07, 6.45) is 0. The van der Waals surface area contributed by atoms with E-state index in [0.29, 0.717) is 0 Å². The third kappa shape index (κ3) is 2.83. The molecule has 0 amide bonds. The van der Waals surface area contributed by atoms with Gasteiger partial charge in [-0.25, -0.2) is 4.79 Å². The first-order chi connectivity index (χ1) is 4.72. The van der Waals surface area contributed by atoms with E-state index < -0.39 is 5.97 Å². The first-order valence-corrected chi connectivity index (χ1v) is 2.73. The molecule has 0 spiro atoms. The van der Waals surface area contributed by atoms with Crippen molar-refractivity contribution in [1.29, 1.82) is 0 Å². The quantitative estimate of drug-likeness (QED) is 0.673. The molecule has 2 N–H and O–H groups in total. The van der Waals surface area contributed by atoms with Gasteiger partial charge in [-0.15, -0.1) is 0 Å². The second kappa shape index (κ2) is 4.77. The van der Waals surface area contributed by atoms with Crippen molar-refractivity contribution in [3.8, 4) is 5.75 Å². The molecule has 11 heavy (non-hydrogen) atoms. The molecule has 0 aliphatic carbocycles. The Labute approximate surface area is 101 Å². The molecule has 3 nitrogen and oxygen atoms in total. The monoisotopic (exact) mass is 228 g/mol. The Bertz CT molecular complexity index is 260. The molecule has 0 atom stereocenters. The van der Waals surface area contributed by atoms with Crippen LogP contribution in [-0.4, -0.2) is 61.7 Å². The first kappa shape index (κ1) is 11.0. The number of carboxylic acid groups (broad SMARTS) is 1. The number of aromatic carboxylic acids is 1. The molecular formula is C7H8O3Sr. The second-order valence-electron chi connectivity index (χ2n) is 1.82. The zero-order valence-electron chi connectivity index (χ0n) is 5.11. The molecule has 1 aromatic rings. The van der Waals surface area contributed by atoms with E-state index in [1.165, 1.54) is 12.1 Å². The molecule has 0 radical (unpaired) electrons.